The van der Waals surface area contributed by atoms with Crippen molar-refractivity contribution in [3.8, 4) is 67.5 Å². The molecule has 5 nitrogen and oxygen atoms in total. The summed E-state index contributed by atoms with van der Waals surface area (Å²) in [6.45, 7) is 0. The van der Waals surface area contributed by atoms with Crippen molar-refractivity contribution in [3.05, 3.63) is 188 Å². The number of nitrogens with zero attached hydrogens (tertiary/aromatic N) is 1. The number of para-hydroxylation sites is 2. The van der Waals surface area contributed by atoms with Crippen LogP contribution in [-0.2, 0) is 0 Å². The van der Waals surface area contributed by atoms with Gasteiger partial charge in [0.05, 0.1) is 11.4 Å². The maximum atomic E-state index is 7.01. The Morgan fingerprint density at radius 3 is 1.31 bits per heavy atom. The van der Waals surface area contributed by atoms with Crippen LogP contribution in [-0.4, -0.2) is 0 Å². The van der Waals surface area contributed by atoms with E-state index in [0.29, 0.717) is 0 Å². The number of hydrogen-bond donors (Lipinski definition) is 0. The van der Waals surface area contributed by atoms with Crippen molar-refractivity contribution in [1.29, 1.82) is 0 Å². The van der Waals surface area contributed by atoms with E-state index in [9.17, 15) is 0 Å². The Balaban J connectivity index is 1.02. The van der Waals surface area contributed by atoms with Gasteiger partial charge in [0, 0.05) is 21.5 Å². The smallest absolute Gasteiger partial charge is 0.156 e. The highest BCUT2D eigenvalue weighted by molar-refractivity contribution is 6.14. The molecule has 0 amide bonds. The Morgan fingerprint density at radius 1 is 0.305 bits per heavy atom. The van der Waals surface area contributed by atoms with Crippen LogP contribution in [0.4, 0.5) is 17.1 Å². The third-order valence-corrected chi connectivity index (χ3v) is 11.9. The molecular weight excluding hydrogens is 727 g/mol. The van der Waals surface area contributed by atoms with Crippen molar-refractivity contribution >= 4 is 60.9 Å². The van der Waals surface area contributed by atoms with Gasteiger partial charge in [-0.15, -0.1) is 0 Å². The number of fused-ring (bicyclic) bond motifs is 10. The van der Waals surface area contributed by atoms with E-state index in [0.717, 1.165) is 128 Å². The number of benzene rings is 9. The molecule has 5 heteroatoms. The van der Waals surface area contributed by atoms with E-state index in [2.05, 4.69) is 150 Å². The van der Waals surface area contributed by atoms with Gasteiger partial charge in [0.2, 0.25) is 0 Å². The summed E-state index contributed by atoms with van der Waals surface area (Å²) < 4.78 is 26.6. The Hall–Kier alpha value is -8.02. The number of anilines is 3. The van der Waals surface area contributed by atoms with E-state index in [1.165, 1.54) is 0 Å². The van der Waals surface area contributed by atoms with Crippen LogP contribution in [0.25, 0.3) is 88.4 Å². The number of hydrogen-bond acceptors (Lipinski definition) is 5. The summed E-state index contributed by atoms with van der Waals surface area (Å²) in [5.41, 5.74) is 14.8. The maximum absolute atomic E-state index is 7.01. The Kier molecular flexibility index (Phi) is 6.66. The highest BCUT2D eigenvalue weighted by Crippen LogP contribution is 2.62. The number of furan rings is 2. The van der Waals surface area contributed by atoms with E-state index in [4.69, 9.17) is 18.3 Å². The van der Waals surface area contributed by atoms with Gasteiger partial charge in [-0.1, -0.05) is 127 Å². The molecule has 59 heavy (non-hydrogen) atoms. The molecule has 0 N–H and O–H groups in total. The Bertz CT molecular complexity index is 3330. The number of rotatable bonds is 4. The lowest BCUT2D eigenvalue weighted by molar-refractivity contribution is 0.446. The second kappa shape index (κ2) is 12.2. The van der Waals surface area contributed by atoms with E-state index in [1.54, 1.807) is 0 Å². The first-order valence-corrected chi connectivity index (χ1v) is 19.8. The normalized spacial score (nSPS) is 12.6. The Morgan fingerprint density at radius 2 is 0.746 bits per heavy atom. The Labute approximate surface area is 338 Å². The highest BCUT2D eigenvalue weighted by atomic mass is 16.5. The van der Waals surface area contributed by atoms with Crippen LogP contribution in [0.15, 0.2) is 197 Å². The SMILES string of the molecule is c1ccc(-c2ccccc2-c2cc3c4c(c2)Oc2cc(-c5cccc6oc7ccccc7c56)ccc2N4c2ccc(-c4cccc5oc6ccccc6c45)cc2O3)cc1. The van der Waals surface area contributed by atoms with Crippen LogP contribution in [0, 0.1) is 0 Å². The van der Waals surface area contributed by atoms with Crippen LogP contribution < -0.4 is 14.4 Å². The van der Waals surface area contributed by atoms with Crippen molar-refractivity contribution in [2.45, 2.75) is 0 Å². The van der Waals surface area contributed by atoms with Crippen molar-refractivity contribution in [1.82, 2.24) is 0 Å². The summed E-state index contributed by atoms with van der Waals surface area (Å²) in [5.74, 6) is 2.96. The number of ether oxygens (including phenoxy) is 2. The lowest BCUT2D eigenvalue weighted by Crippen LogP contribution is -2.20. The predicted molar refractivity (Wildman–Crippen MR) is 238 cm³/mol. The van der Waals surface area contributed by atoms with Gasteiger partial charge in [-0.25, -0.2) is 0 Å². The fourth-order valence-corrected chi connectivity index (χ4v) is 9.25. The van der Waals surface area contributed by atoms with Crippen LogP contribution in [0.1, 0.15) is 0 Å². The van der Waals surface area contributed by atoms with E-state index in [-0.39, 0.29) is 0 Å². The first kappa shape index (κ1) is 32.1. The van der Waals surface area contributed by atoms with Crippen molar-refractivity contribution < 1.29 is 18.3 Å². The average Bonchev–Trinajstić information content (AvgIpc) is 3.87. The zero-order valence-electron chi connectivity index (χ0n) is 31.5. The molecule has 0 radical (unpaired) electrons. The van der Waals surface area contributed by atoms with Gasteiger partial charge in [-0.3, -0.25) is 4.90 Å². The summed E-state index contributed by atoms with van der Waals surface area (Å²) >= 11 is 0. The molecule has 276 valence electrons. The molecule has 2 aliphatic rings. The van der Waals surface area contributed by atoms with Gasteiger partial charge in [0.1, 0.15) is 28.0 Å². The molecule has 13 rings (SSSR count). The standard InChI is InChI=1S/C54H31NO4/c1-2-12-32(13-3-1)36-14-4-5-15-37(36)35-30-50-54-51(31-35)59-49-29-34(39-19-11-23-47-53(39)41-17-7-9-21-45(41)57-47)25-27-43(49)55(54)42-26-24-33(28-48(42)58-50)38-18-10-22-46-52(38)40-16-6-8-20-44(40)56-46/h1-31H. The van der Waals surface area contributed by atoms with Gasteiger partial charge in [-0.2, -0.15) is 0 Å². The van der Waals surface area contributed by atoms with Gasteiger partial charge in [0.25, 0.3) is 0 Å². The van der Waals surface area contributed by atoms with Crippen molar-refractivity contribution in [2.75, 3.05) is 4.90 Å². The fourth-order valence-electron chi connectivity index (χ4n) is 9.25. The monoisotopic (exact) mass is 757 g/mol. The summed E-state index contributed by atoms with van der Waals surface area (Å²) in [6, 6.07) is 65.3. The van der Waals surface area contributed by atoms with Gasteiger partial charge < -0.3 is 18.3 Å². The summed E-state index contributed by atoms with van der Waals surface area (Å²) in [4.78, 5) is 2.30. The minimum atomic E-state index is 0.723. The first-order chi connectivity index (χ1) is 29.2. The second-order valence-corrected chi connectivity index (χ2v) is 15.2. The summed E-state index contributed by atoms with van der Waals surface area (Å²) in [5, 5.41) is 4.35. The molecule has 0 bridgehead atoms. The topological polar surface area (TPSA) is 48.0 Å². The quantitative estimate of drug-likeness (QED) is 0.179. The second-order valence-electron chi connectivity index (χ2n) is 15.2. The van der Waals surface area contributed by atoms with Gasteiger partial charge >= 0.3 is 0 Å². The molecule has 4 heterocycles. The molecule has 0 aliphatic carbocycles. The zero-order valence-corrected chi connectivity index (χ0v) is 31.5. The molecular formula is C54H31NO4. The molecule has 0 saturated carbocycles. The van der Waals surface area contributed by atoms with Gasteiger partial charge in [0.15, 0.2) is 23.0 Å². The lowest BCUT2D eigenvalue weighted by atomic mass is 9.93. The minimum absolute atomic E-state index is 0.723. The van der Waals surface area contributed by atoms with Crippen molar-refractivity contribution in [2.24, 2.45) is 0 Å². The van der Waals surface area contributed by atoms with Crippen LogP contribution >= 0.6 is 0 Å². The molecule has 0 atom stereocenters. The summed E-state index contributed by atoms with van der Waals surface area (Å²) in [6.07, 6.45) is 0. The van der Waals surface area contributed by atoms with Gasteiger partial charge in [-0.05, 0) is 105 Å². The van der Waals surface area contributed by atoms with Crippen LogP contribution in [0.2, 0.25) is 0 Å². The highest BCUT2D eigenvalue weighted by Gasteiger charge is 2.36. The molecule has 9 aromatic carbocycles. The lowest BCUT2D eigenvalue weighted by Gasteiger charge is -2.38. The molecule has 0 spiro atoms. The third kappa shape index (κ3) is 4.79. The largest absolute Gasteiger partial charge is 0.456 e. The van der Waals surface area contributed by atoms with Crippen LogP contribution in [0.3, 0.4) is 0 Å². The van der Waals surface area contributed by atoms with E-state index in [1.807, 2.05) is 42.5 Å². The zero-order chi connectivity index (χ0) is 38.6. The third-order valence-electron chi connectivity index (χ3n) is 11.9. The molecule has 0 unspecified atom stereocenters. The minimum Gasteiger partial charge on any atom is -0.456 e. The molecule has 2 aromatic heterocycles. The fraction of sp³-hybridized carbons (Fsp3) is 0. The molecule has 0 saturated heterocycles. The average molecular weight is 758 g/mol. The van der Waals surface area contributed by atoms with E-state index >= 15 is 0 Å². The van der Waals surface area contributed by atoms with Crippen molar-refractivity contribution in [3.63, 3.8) is 0 Å². The van der Waals surface area contributed by atoms with E-state index < -0.39 is 0 Å². The van der Waals surface area contributed by atoms with Crippen LogP contribution in [0.5, 0.6) is 23.0 Å². The first-order valence-electron chi connectivity index (χ1n) is 19.8. The molecule has 0 fully saturated rings. The predicted octanol–water partition coefficient (Wildman–Crippen LogP) is 15.8. The molecule has 2 aliphatic heterocycles. The maximum Gasteiger partial charge on any atom is 0.156 e. The summed E-state index contributed by atoms with van der Waals surface area (Å²) in [7, 11) is 0. The molecule has 11 aromatic rings.